The molecule has 0 heterocycles. The summed E-state index contributed by atoms with van der Waals surface area (Å²) in [6.45, 7) is 6.77. The fraction of sp³-hybridized carbons (Fsp3) is 0.625. The molecule has 0 bridgehead atoms. The Kier molecular flexibility index (Phi) is 3.75. The standard InChI is InChI=1S/C16H23ClO/c1-12-10-15(2,3)8-9-16(12,18)11-13-4-6-14(17)7-5-13/h4-7,12,18H,8-11H2,1-3H3. The molecule has 0 amide bonds. The maximum atomic E-state index is 10.9. The van der Waals surface area contributed by atoms with Crippen LogP contribution in [0.15, 0.2) is 24.3 Å². The first-order valence-electron chi connectivity index (χ1n) is 6.78. The van der Waals surface area contributed by atoms with E-state index in [-0.39, 0.29) is 0 Å². The van der Waals surface area contributed by atoms with Crippen LogP contribution in [0.25, 0.3) is 0 Å². The van der Waals surface area contributed by atoms with Gasteiger partial charge in [0.05, 0.1) is 5.60 Å². The van der Waals surface area contributed by atoms with E-state index in [9.17, 15) is 5.11 Å². The molecule has 1 nitrogen and oxygen atoms in total. The average molecular weight is 267 g/mol. The molecule has 2 heteroatoms. The van der Waals surface area contributed by atoms with Crippen molar-refractivity contribution in [2.75, 3.05) is 0 Å². The van der Waals surface area contributed by atoms with Gasteiger partial charge in [0.15, 0.2) is 0 Å². The van der Waals surface area contributed by atoms with E-state index >= 15 is 0 Å². The summed E-state index contributed by atoms with van der Waals surface area (Å²) in [5.74, 6) is 0.344. The summed E-state index contributed by atoms with van der Waals surface area (Å²) in [7, 11) is 0. The molecule has 1 saturated carbocycles. The van der Waals surface area contributed by atoms with Crippen LogP contribution in [0.3, 0.4) is 0 Å². The van der Waals surface area contributed by atoms with Gasteiger partial charge in [-0.1, -0.05) is 44.5 Å². The molecule has 1 aromatic rings. The molecule has 0 aromatic heterocycles. The maximum Gasteiger partial charge on any atom is 0.0713 e. The maximum absolute atomic E-state index is 10.9. The minimum absolute atomic E-state index is 0.344. The summed E-state index contributed by atoms with van der Waals surface area (Å²) in [5.41, 5.74) is 0.989. The Labute approximate surface area is 115 Å². The van der Waals surface area contributed by atoms with E-state index < -0.39 is 5.60 Å². The van der Waals surface area contributed by atoms with Crippen LogP contribution in [-0.4, -0.2) is 10.7 Å². The summed E-state index contributed by atoms with van der Waals surface area (Å²) in [6.07, 6.45) is 3.82. The van der Waals surface area contributed by atoms with E-state index in [0.717, 1.165) is 30.7 Å². The summed E-state index contributed by atoms with van der Waals surface area (Å²) >= 11 is 5.89. The monoisotopic (exact) mass is 266 g/mol. The van der Waals surface area contributed by atoms with Gasteiger partial charge in [-0.15, -0.1) is 0 Å². The number of halogens is 1. The van der Waals surface area contributed by atoms with Gasteiger partial charge >= 0.3 is 0 Å². The fourth-order valence-corrected chi connectivity index (χ4v) is 3.27. The molecular formula is C16H23ClO. The second kappa shape index (κ2) is 4.86. The normalized spacial score (nSPS) is 31.3. The molecule has 0 radical (unpaired) electrons. The largest absolute Gasteiger partial charge is 0.389 e. The number of rotatable bonds is 2. The van der Waals surface area contributed by atoms with Crippen molar-refractivity contribution in [3.63, 3.8) is 0 Å². The highest BCUT2D eigenvalue weighted by molar-refractivity contribution is 6.30. The van der Waals surface area contributed by atoms with Crippen LogP contribution in [0.2, 0.25) is 5.02 Å². The molecule has 0 spiro atoms. The molecule has 0 aliphatic heterocycles. The van der Waals surface area contributed by atoms with Crippen molar-refractivity contribution in [1.29, 1.82) is 0 Å². The lowest BCUT2D eigenvalue weighted by Gasteiger charge is -2.45. The Morgan fingerprint density at radius 3 is 2.39 bits per heavy atom. The van der Waals surface area contributed by atoms with Crippen molar-refractivity contribution in [2.45, 2.75) is 52.1 Å². The predicted octanol–water partition coefficient (Wildman–Crippen LogP) is 4.46. The summed E-state index contributed by atoms with van der Waals surface area (Å²) in [6, 6.07) is 7.84. The van der Waals surface area contributed by atoms with Crippen molar-refractivity contribution in [3.8, 4) is 0 Å². The molecular weight excluding hydrogens is 244 g/mol. The van der Waals surface area contributed by atoms with Crippen LogP contribution in [-0.2, 0) is 6.42 Å². The van der Waals surface area contributed by atoms with Gasteiger partial charge in [0, 0.05) is 11.4 Å². The second-order valence-corrected chi connectivity index (χ2v) is 7.11. The van der Waals surface area contributed by atoms with E-state index in [1.807, 2.05) is 24.3 Å². The third-order valence-electron chi connectivity index (χ3n) is 4.43. The number of hydrogen-bond donors (Lipinski definition) is 1. The third-order valence-corrected chi connectivity index (χ3v) is 4.69. The van der Waals surface area contributed by atoms with Gasteiger partial charge in [-0.2, -0.15) is 0 Å². The molecule has 18 heavy (non-hydrogen) atoms. The Hall–Kier alpha value is -0.530. The Morgan fingerprint density at radius 2 is 1.83 bits per heavy atom. The van der Waals surface area contributed by atoms with Gasteiger partial charge in [0.25, 0.3) is 0 Å². The van der Waals surface area contributed by atoms with Crippen molar-refractivity contribution in [1.82, 2.24) is 0 Å². The Morgan fingerprint density at radius 1 is 1.22 bits per heavy atom. The van der Waals surface area contributed by atoms with Gasteiger partial charge < -0.3 is 5.11 Å². The first-order chi connectivity index (χ1) is 8.31. The first kappa shape index (κ1) is 13.9. The number of aliphatic hydroxyl groups is 1. The lowest BCUT2D eigenvalue weighted by Crippen LogP contribution is -2.45. The van der Waals surface area contributed by atoms with Crippen LogP contribution in [0, 0.1) is 11.3 Å². The minimum atomic E-state index is -0.552. The SMILES string of the molecule is CC1CC(C)(C)CCC1(O)Cc1ccc(Cl)cc1. The zero-order chi connectivity index (χ0) is 13.4. The molecule has 1 aliphatic rings. The van der Waals surface area contributed by atoms with E-state index in [1.54, 1.807) is 0 Å². The topological polar surface area (TPSA) is 20.2 Å². The van der Waals surface area contributed by atoms with E-state index in [4.69, 9.17) is 11.6 Å². The van der Waals surface area contributed by atoms with Gasteiger partial charge in [-0.05, 0) is 48.3 Å². The molecule has 1 fully saturated rings. The molecule has 2 atom stereocenters. The van der Waals surface area contributed by atoms with E-state index in [1.165, 1.54) is 5.56 Å². The second-order valence-electron chi connectivity index (χ2n) is 6.68. The molecule has 1 aliphatic carbocycles. The number of hydrogen-bond acceptors (Lipinski definition) is 1. The highest BCUT2D eigenvalue weighted by Crippen LogP contribution is 2.45. The van der Waals surface area contributed by atoms with Crippen molar-refractivity contribution in [3.05, 3.63) is 34.9 Å². The molecule has 1 N–H and O–H groups in total. The van der Waals surface area contributed by atoms with Crippen molar-refractivity contribution >= 4 is 11.6 Å². The average Bonchev–Trinajstić information content (AvgIpc) is 2.28. The highest BCUT2D eigenvalue weighted by Gasteiger charge is 2.42. The smallest absolute Gasteiger partial charge is 0.0713 e. The van der Waals surface area contributed by atoms with Crippen molar-refractivity contribution < 1.29 is 5.11 Å². The van der Waals surface area contributed by atoms with Gasteiger partial charge in [0.2, 0.25) is 0 Å². The van der Waals surface area contributed by atoms with Crippen LogP contribution in [0.1, 0.15) is 45.6 Å². The minimum Gasteiger partial charge on any atom is -0.389 e. The number of benzene rings is 1. The van der Waals surface area contributed by atoms with Gasteiger partial charge in [-0.3, -0.25) is 0 Å². The molecule has 2 rings (SSSR count). The third kappa shape index (κ3) is 3.07. The quantitative estimate of drug-likeness (QED) is 0.838. The van der Waals surface area contributed by atoms with Crippen LogP contribution >= 0.6 is 11.6 Å². The Balaban J connectivity index is 2.10. The lowest BCUT2D eigenvalue weighted by atomic mass is 9.64. The zero-order valence-corrected chi connectivity index (χ0v) is 12.3. The summed E-state index contributed by atoms with van der Waals surface area (Å²) in [5, 5.41) is 11.6. The predicted molar refractivity (Wildman–Crippen MR) is 76.9 cm³/mol. The first-order valence-corrected chi connectivity index (χ1v) is 7.15. The molecule has 1 aromatic carbocycles. The van der Waals surface area contributed by atoms with Crippen molar-refractivity contribution in [2.24, 2.45) is 11.3 Å². The summed E-state index contributed by atoms with van der Waals surface area (Å²) < 4.78 is 0. The summed E-state index contributed by atoms with van der Waals surface area (Å²) in [4.78, 5) is 0. The highest BCUT2D eigenvalue weighted by atomic mass is 35.5. The molecule has 100 valence electrons. The molecule has 0 saturated heterocycles. The molecule has 2 unspecified atom stereocenters. The van der Waals surface area contributed by atoms with Gasteiger partial charge in [-0.25, -0.2) is 0 Å². The Bertz CT molecular complexity index is 410. The fourth-order valence-electron chi connectivity index (χ4n) is 3.14. The van der Waals surface area contributed by atoms with Crippen LogP contribution in [0.5, 0.6) is 0 Å². The van der Waals surface area contributed by atoms with E-state index in [0.29, 0.717) is 11.3 Å². The van der Waals surface area contributed by atoms with Crippen LogP contribution in [0.4, 0.5) is 0 Å². The zero-order valence-electron chi connectivity index (χ0n) is 11.5. The van der Waals surface area contributed by atoms with E-state index in [2.05, 4.69) is 20.8 Å². The lowest BCUT2D eigenvalue weighted by molar-refractivity contribution is -0.0704. The van der Waals surface area contributed by atoms with Gasteiger partial charge in [0.1, 0.15) is 0 Å². The van der Waals surface area contributed by atoms with Crippen LogP contribution < -0.4 is 0 Å².